The highest BCUT2D eigenvalue weighted by atomic mass is 35.5. The molecule has 0 bridgehead atoms. The summed E-state index contributed by atoms with van der Waals surface area (Å²) in [6.45, 7) is 1.36. The molecule has 1 saturated carbocycles. The first-order valence-electron chi connectivity index (χ1n) is 7.97. The summed E-state index contributed by atoms with van der Waals surface area (Å²) >= 11 is 6.57. The van der Waals surface area contributed by atoms with Gasteiger partial charge in [0.25, 0.3) is 0 Å². The smallest absolute Gasteiger partial charge is 0.304 e. The Kier molecular flexibility index (Phi) is 3.26. The Balaban J connectivity index is 1.94. The Morgan fingerprint density at radius 1 is 1.09 bits per heavy atom. The zero-order valence-corrected chi connectivity index (χ0v) is 13.2. The maximum absolute atomic E-state index is 11.3. The highest BCUT2D eigenvalue weighted by Gasteiger charge is 2.51. The number of carboxylic acid groups (broad SMARTS) is 1. The number of hydrogen-bond acceptors (Lipinski definition) is 3. The number of hydrogen-bond donors (Lipinski definition) is 1. The van der Waals surface area contributed by atoms with E-state index in [0.29, 0.717) is 18.2 Å². The molecule has 4 rings (SSSR count). The van der Waals surface area contributed by atoms with Crippen LogP contribution in [0.15, 0.2) is 0 Å². The molecule has 1 fully saturated rings. The van der Waals surface area contributed by atoms with Gasteiger partial charge in [0.05, 0.1) is 24.7 Å². The highest BCUT2D eigenvalue weighted by molar-refractivity contribution is 6.33. The molecule has 0 amide bonds. The molecule has 5 heteroatoms. The van der Waals surface area contributed by atoms with Crippen molar-refractivity contribution in [2.75, 3.05) is 13.2 Å². The van der Waals surface area contributed by atoms with Crippen LogP contribution in [-0.4, -0.2) is 24.3 Å². The van der Waals surface area contributed by atoms with E-state index in [4.69, 9.17) is 21.1 Å². The standard InChI is InChI=1S/C17H19ClO4/c18-14-11-4-2-7-21-15(11)13(10-3-1-8-22-16(10)14)17(5-6-17)9-12(19)20/h1-9H2,(H,19,20). The van der Waals surface area contributed by atoms with E-state index < -0.39 is 5.97 Å². The molecule has 1 aliphatic carbocycles. The van der Waals surface area contributed by atoms with E-state index in [0.717, 1.165) is 66.7 Å². The van der Waals surface area contributed by atoms with Crippen molar-refractivity contribution in [3.8, 4) is 11.5 Å². The summed E-state index contributed by atoms with van der Waals surface area (Å²) in [4.78, 5) is 11.3. The predicted octanol–water partition coefficient (Wildman–Crippen LogP) is 3.50. The molecule has 4 nitrogen and oxygen atoms in total. The third-order valence-electron chi connectivity index (χ3n) is 5.05. The molecule has 1 N–H and O–H groups in total. The molecular weight excluding hydrogens is 304 g/mol. The van der Waals surface area contributed by atoms with Crippen LogP contribution in [0.5, 0.6) is 11.5 Å². The van der Waals surface area contributed by atoms with Crippen LogP contribution >= 0.6 is 11.6 Å². The van der Waals surface area contributed by atoms with Gasteiger partial charge in [0.2, 0.25) is 0 Å². The SMILES string of the molecule is O=C(O)CC1(c2c3c(c(Cl)c4c2OCCC4)OCCC3)CC1. The van der Waals surface area contributed by atoms with Crippen molar-refractivity contribution in [3.63, 3.8) is 0 Å². The maximum Gasteiger partial charge on any atom is 0.304 e. The average molecular weight is 323 g/mol. The summed E-state index contributed by atoms with van der Waals surface area (Å²) in [6.07, 6.45) is 5.63. The lowest BCUT2D eigenvalue weighted by atomic mass is 9.82. The number of carboxylic acids is 1. The van der Waals surface area contributed by atoms with Crippen molar-refractivity contribution in [1.29, 1.82) is 0 Å². The van der Waals surface area contributed by atoms with Crippen molar-refractivity contribution in [1.82, 2.24) is 0 Å². The number of carbonyl (C=O) groups is 1. The minimum absolute atomic E-state index is 0.164. The third kappa shape index (κ3) is 2.08. The first-order valence-corrected chi connectivity index (χ1v) is 8.35. The Morgan fingerprint density at radius 2 is 1.73 bits per heavy atom. The lowest BCUT2D eigenvalue weighted by Crippen LogP contribution is -2.23. The Morgan fingerprint density at radius 3 is 2.36 bits per heavy atom. The largest absolute Gasteiger partial charge is 0.493 e. The van der Waals surface area contributed by atoms with Crippen LogP contribution in [-0.2, 0) is 23.1 Å². The summed E-state index contributed by atoms with van der Waals surface area (Å²) < 4.78 is 11.8. The quantitative estimate of drug-likeness (QED) is 0.925. The zero-order chi connectivity index (χ0) is 15.3. The number of halogens is 1. The first-order chi connectivity index (χ1) is 10.6. The number of aliphatic carboxylic acids is 1. The Hall–Kier alpha value is -1.42. The van der Waals surface area contributed by atoms with Gasteiger partial charge in [0.15, 0.2) is 0 Å². The van der Waals surface area contributed by atoms with Crippen molar-refractivity contribution in [2.24, 2.45) is 0 Å². The van der Waals surface area contributed by atoms with Gasteiger partial charge in [-0.3, -0.25) is 4.79 Å². The van der Waals surface area contributed by atoms with Crippen LogP contribution in [0, 0.1) is 0 Å². The summed E-state index contributed by atoms with van der Waals surface area (Å²) in [5.74, 6) is 0.894. The van der Waals surface area contributed by atoms with Gasteiger partial charge in [0.1, 0.15) is 11.5 Å². The molecule has 0 spiro atoms. The molecule has 2 heterocycles. The molecule has 0 aromatic heterocycles. The minimum Gasteiger partial charge on any atom is -0.493 e. The van der Waals surface area contributed by atoms with Crippen LogP contribution < -0.4 is 9.47 Å². The molecule has 1 aromatic rings. The molecule has 0 unspecified atom stereocenters. The molecule has 0 saturated heterocycles. The summed E-state index contributed by atoms with van der Waals surface area (Å²) in [5.41, 5.74) is 2.92. The molecule has 22 heavy (non-hydrogen) atoms. The second kappa shape index (κ2) is 5.05. The zero-order valence-electron chi connectivity index (χ0n) is 12.4. The van der Waals surface area contributed by atoms with Gasteiger partial charge in [-0.25, -0.2) is 0 Å². The number of benzene rings is 1. The van der Waals surface area contributed by atoms with E-state index >= 15 is 0 Å². The van der Waals surface area contributed by atoms with Gasteiger partial charge in [-0.05, 0) is 38.5 Å². The van der Waals surface area contributed by atoms with E-state index in [9.17, 15) is 9.90 Å². The molecule has 2 aliphatic heterocycles. The molecular formula is C17H19ClO4. The first kappa shape index (κ1) is 14.2. The topological polar surface area (TPSA) is 55.8 Å². The number of rotatable bonds is 3. The van der Waals surface area contributed by atoms with E-state index in [1.165, 1.54) is 0 Å². The lowest BCUT2D eigenvalue weighted by Gasteiger charge is -2.32. The van der Waals surface area contributed by atoms with Crippen molar-refractivity contribution in [3.05, 3.63) is 21.7 Å². The third-order valence-corrected chi connectivity index (χ3v) is 5.45. The molecule has 0 atom stereocenters. The van der Waals surface area contributed by atoms with Crippen LogP contribution in [0.3, 0.4) is 0 Å². The van der Waals surface area contributed by atoms with Crippen molar-refractivity contribution in [2.45, 2.75) is 50.4 Å². The van der Waals surface area contributed by atoms with Gasteiger partial charge in [-0.1, -0.05) is 11.6 Å². The fourth-order valence-corrected chi connectivity index (χ4v) is 4.25. The fourth-order valence-electron chi connectivity index (χ4n) is 3.91. The fraction of sp³-hybridized carbons (Fsp3) is 0.588. The van der Waals surface area contributed by atoms with Crippen LogP contribution in [0.2, 0.25) is 5.02 Å². The molecule has 3 aliphatic rings. The average Bonchev–Trinajstić information content (AvgIpc) is 3.27. The summed E-state index contributed by atoms with van der Waals surface area (Å²) in [7, 11) is 0. The predicted molar refractivity (Wildman–Crippen MR) is 82.2 cm³/mol. The summed E-state index contributed by atoms with van der Waals surface area (Å²) in [6, 6.07) is 0. The highest BCUT2D eigenvalue weighted by Crippen LogP contribution is 2.59. The monoisotopic (exact) mass is 322 g/mol. The van der Waals surface area contributed by atoms with Crippen LogP contribution in [0.4, 0.5) is 0 Å². The molecule has 1 aromatic carbocycles. The Bertz CT molecular complexity index is 612. The minimum atomic E-state index is -0.748. The van der Waals surface area contributed by atoms with Crippen molar-refractivity contribution < 1.29 is 19.4 Å². The normalized spacial score (nSPS) is 21.1. The molecule has 0 radical (unpaired) electrons. The van der Waals surface area contributed by atoms with E-state index in [1.807, 2.05) is 0 Å². The number of fused-ring (bicyclic) bond motifs is 2. The summed E-state index contributed by atoms with van der Waals surface area (Å²) in [5, 5.41) is 9.99. The maximum atomic E-state index is 11.3. The van der Waals surface area contributed by atoms with Gasteiger partial charge in [-0.15, -0.1) is 0 Å². The van der Waals surface area contributed by atoms with Gasteiger partial charge >= 0.3 is 5.97 Å². The van der Waals surface area contributed by atoms with Crippen LogP contribution in [0.25, 0.3) is 0 Å². The van der Waals surface area contributed by atoms with Gasteiger partial charge in [0, 0.05) is 22.1 Å². The van der Waals surface area contributed by atoms with Gasteiger partial charge < -0.3 is 14.6 Å². The Labute approximate surface area is 134 Å². The molecule has 118 valence electrons. The van der Waals surface area contributed by atoms with Crippen molar-refractivity contribution >= 4 is 17.6 Å². The van der Waals surface area contributed by atoms with Gasteiger partial charge in [-0.2, -0.15) is 0 Å². The van der Waals surface area contributed by atoms with E-state index in [2.05, 4.69) is 0 Å². The second-order valence-corrected chi connectivity index (χ2v) is 6.94. The second-order valence-electron chi connectivity index (χ2n) is 6.56. The van der Waals surface area contributed by atoms with Crippen LogP contribution in [0.1, 0.15) is 48.8 Å². The van der Waals surface area contributed by atoms with E-state index in [-0.39, 0.29) is 11.8 Å². The lowest BCUT2D eigenvalue weighted by molar-refractivity contribution is -0.137. The number of ether oxygens (including phenoxy) is 2. The van der Waals surface area contributed by atoms with E-state index in [1.54, 1.807) is 0 Å².